The van der Waals surface area contributed by atoms with Gasteiger partial charge in [0.2, 0.25) is 0 Å². The minimum absolute atomic E-state index is 0.247. The first-order chi connectivity index (χ1) is 13.1. The highest BCUT2D eigenvalue weighted by Gasteiger charge is 2.15. The highest BCUT2D eigenvalue weighted by molar-refractivity contribution is 7.20. The Balaban J connectivity index is 1.44. The molecule has 0 bridgehead atoms. The summed E-state index contributed by atoms with van der Waals surface area (Å²) in [5.74, 6) is -1.53. The summed E-state index contributed by atoms with van der Waals surface area (Å²) in [5.41, 5.74) is 1.34. The van der Waals surface area contributed by atoms with Crippen molar-refractivity contribution in [3.05, 3.63) is 71.5 Å². The molecule has 2 aromatic heterocycles. The van der Waals surface area contributed by atoms with Gasteiger partial charge in [0.15, 0.2) is 6.61 Å². The predicted octanol–water partition coefficient (Wildman–Crippen LogP) is 4.38. The van der Waals surface area contributed by atoms with Gasteiger partial charge < -0.3 is 10.1 Å². The lowest BCUT2D eigenvalue weighted by atomic mass is 10.2. The first kappa shape index (κ1) is 17.1. The number of esters is 1. The van der Waals surface area contributed by atoms with Gasteiger partial charge in [-0.05, 0) is 42.5 Å². The second-order valence-electron chi connectivity index (χ2n) is 5.76. The molecule has 0 fully saturated rings. The number of pyridine rings is 1. The van der Waals surface area contributed by atoms with Gasteiger partial charge in [-0.15, -0.1) is 11.3 Å². The molecule has 5 nitrogen and oxygen atoms in total. The minimum Gasteiger partial charge on any atom is -0.451 e. The summed E-state index contributed by atoms with van der Waals surface area (Å²) in [5, 5.41) is 3.87. The molecule has 27 heavy (non-hydrogen) atoms. The van der Waals surface area contributed by atoms with Crippen LogP contribution in [0.3, 0.4) is 0 Å². The Bertz CT molecular complexity index is 1170. The third-order valence-electron chi connectivity index (χ3n) is 3.96. The van der Waals surface area contributed by atoms with E-state index in [4.69, 9.17) is 4.74 Å². The number of thiophene rings is 1. The van der Waals surface area contributed by atoms with Crippen LogP contribution in [0.2, 0.25) is 0 Å². The summed E-state index contributed by atoms with van der Waals surface area (Å²) in [6.07, 6.45) is 1.67. The molecule has 4 rings (SSSR count). The first-order valence-electron chi connectivity index (χ1n) is 8.10. The molecule has 1 N–H and O–H groups in total. The van der Waals surface area contributed by atoms with Gasteiger partial charge in [0.05, 0.1) is 11.2 Å². The molecule has 4 aromatic rings. The van der Waals surface area contributed by atoms with Crippen molar-refractivity contribution in [1.29, 1.82) is 0 Å². The Morgan fingerprint density at radius 2 is 1.93 bits per heavy atom. The van der Waals surface area contributed by atoms with Crippen LogP contribution in [0.4, 0.5) is 10.1 Å². The fourth-order valence-electron chi connectivity index (χ4n) is 2.73. The van der Waals surface area contributed by atoms with Gasteiger partial charge in [-0.25, -0.2) is 9.18 Å². The number of benzene rings is 2. The quantitative estimate of drug-likeness (QED) is 0.534. The van der Waals surface area contributed by atoms with E-state index in [0.29, 0.717) is 15.8 Å². The van der Waals surface area contributed by atoms with Gasteiger partial charge in [-0.3, -0.25) is 9.78 Å². The second-order valence-corrected chi connectivity index (χ2v) is 6.85. The van der Waals surface area contributed by atoms with Crippen LogP contribution >= 0.6 is 11.3 Å². The van der Waals surface area contributed by atoms with Crippen molar-refractivity contribution < 1.29 is 18.7 Å². The number of rotatable bonds is 4. The highest BCUT2D eigenvalue weighted by atomic mass is 32.1. The van der Waals surface area contributed by atoms with Crippen molar-refractivity contribution in [3.8, 4) is 0 Å². The van der Waals surface area contributed by atoms with E-state index in [2.05, 4.69) is 10.3 Å². The smallest absolute Gasteiger partial charge is 0.348 e. The Morgan fingerprint density at radius 1 is 1.07 bits per heavy atom. The van der Waals surface area contributed by atoms with Crippen molar-refractivity contribution in [2.45, 2.75) is 0 Å². The van der Waals surface area contributed by atoms with Crippen LogP contribution in [-0.4, -0.2) is 23.5 Å². The number of hydrogen-bond acceptors (Lipinski definition) is 5. The normalized spacial score (nSPS) is 10.9. The molecule has 0 saturated carbocycles. The number of nitrogens with one attached hydrogen (secondary N) is 1. The maximum atomic E-state index is 13.7. The number of carbonyl (C=O) groups is 2. The Hall–Kier alpha value is -3.32. The number of aromatic nitrogens is 1. The predicted molar refractivity (Wildman–Crippen MR) is 102 cm³/mol. The molecule has 7 heteroatoms. The van der Waals surface area contributed by atoms with Crippen LogP contribution in [-0.2, 0) is 9.53 Å². The summed E-state index contributed by atoms with van der Waals surface area (Å²) >= 11 is 1.12. The molecule has 0 radical (unpaired) electrons. The van der Waals surface area contributed by atoms with E-state index in [9.17, 15) is 14.0 Å². The average molecular weight is 380 g/mol. The molecule has 0 atom stereocenters. The van der Waals surface area contributed by atoms with E-state index in [1.165, 1.54) is 12.1 Å². The topological polar surface area (TPSA) is 68.3 Å². The summed E-state index contributed by atoms with van der Waals surface area (Å²) < 4.78 is 19.4. The Labute approximate surface area is 157 Å². The van der Waals surface area contributed by atoms with Crippen molar-refractivity contribution in [1.82, 2.24) is 4.98 Å². The Kier molecular flexibility index (Phi) is 4.52. The summed E-state index contributed by atoms with van der Waals surface area (Å²) in [6.45, 7) is -0.438. The molecule has 0 unspecified atom stereocenters. The zero-order valence-corrected chi connectivity index (χ0v) is 14.8. The summed E-state index contributed by atoms with van der Waals surface area (Å²) in [7, 11) is 0. The van der Waals surface area contributed by atoms with Gasteiger partial charge in [0.25, 0.3) is 5.91 Å². The lowest BCUT2D eigenvalue weighted by Gasteiger charge is -2.08. The zero-order chi connectivity index (χ0) is 18.8. The minimum atomic E-state index is -0.662. The molecule has 0 saturated heterocycles. The standard InChI is InChI=1S/C20H13FN2O3S/c21-14-5-1-8-17-13(14)10-18(27-17)20(25)26-11-19(24)23-16-7-2-6-15-12(16)4-3-9-22-15/h1-10H,11H2,(H,23,24). The molecule has 0 aliphatic carbocycles. The number of amides is 1. The molecular formula is C20H13FN2O3S. The third-order valence-corrected chi connectivity index (χ3v) is 5.04. The monoisotopic (exact) mass is 380 g/mol. The molecule has 1 amide bonds. The average Bonchev–Trinajstić information content (AvgIpc) is 3.12. The van der Waals surface area contributed by atoms with Gasteiger partial charge in [-0.2, -0.15) is 0 Å². The number of ether oxygens (including phenoxy) is 1. The lowest BCUT2D eigenvalue weighted by molar-refractivity contribution is -0.119. The molecular weight excluding hydrogens is 367 g/mol. The van der Waals surface area contributed by atoms with Gasteiger partial charge in [-0.1, -0.05) is 12.1 Å². The SMILES string of the molecule is O=C(COC(=O)c1cc2c(F)cccc2s1)Nc1cccc2ncccc12. The van der Waals surface area contributed by atoms with Gasteiger partial charge >= 0.3 is 5.97 Å². The summed E-state index contributed by atoms with van der Waals surface area (Å²) in [4.78, 5) is 28.8. The van der Waals surface area contributed by atoms with Crippen LogP contribution in [0.15, 0.2) is 60.8 Å². The van der Waals surface area contributed by atoms with Crippen LogP contribution in [0.25, 0.3) is 21.0 Å². The van der Waals surface area contributed by atoms with E-state index in [1.807, 2.05) is 12.1 Å². The van der Waals surface area contributed by atoms with Crippen LogP contribution < -0.4 is 5.32 Å². The number of carbonyl (C=O) groups excluding carboxylic acids is 2. The molecule has 2 heterocycles. The number of fused-ring (bicyclic) bond motifs is 2. The largest absolute Gasteiger partial charge is 0.451 e. The third kappa shape index (κ3) is 3.50. The van der Waals surface area contributed by atoms with E-state index in [0.717, 1.165) is 22.2 Å². The van der Waals surface area contributed by atoms with Crippen molar-refractivity contribution in [3.63, 3.8) is 0 Å². The van der Waals surface area contributed by atoms with Crippen LogP contribution in [0, 0.1) is 5.82 Å². The maximum Gasteiger partial charge on any atom is 0.348 e. The summed E-state index contributed by atoms with van der Waals surface area (Å²) in [6, 6.07) is 15.1. The van der Waals surface area contributed by atoms with E-state index < -0.39 is 24.3 Å². The molecule has 134 valence electrons. The lowest BCUT2D eigenvalue weighted by Crippen LogP contribution is -2.20. The van der Waals surface area contributed by atoms with Crippen molar-refractivity contribution in [2.24, 2.45) is 0 Å². The Morgan fingerprint density at radius 3 is 2.78 bits per heavy atom. The van der Waals surface area contributed by atoms with E-state index in [1.54, 1.807) is 36.5 Å². The second kappa shape index (κ2) is 7.13. The van der Waals surface area contributed by atoms with Crippen LogP contribution in [0.5, 0.6) is 0 Å². The van der Waals surface area contributed by atoms with Crippen molar-refractivity contribution in [2.75, 3.05) is 11.9 Å². The van der Waals surface area contributed by atoms with Gasteiger partial charge in [0, 0.05) is 21.7 Å². The highest BCUT2D eigenvalue weighted by Crippen LogP contribution is 2.28. The maximum absolute atomic E-state index is 13.7. The fraction of sp³-hybridized carbons (Fsp3) is 0.0500. The van der Waals surface area contributed by atoms with Crippen molar-refractivity contribution >= 4 is 49.9 Å². The first-order valence-corrected chi connectivity index (χ1v) is 8.92. The number of halogens is 1. The van der Waals surface area contributed by atoms with E-state index >= 15 is 0 Å². The zero-order valence-electron chi connectivity index (χ0n) is 13.9. The molecule has 0 aliphatic heterocycles. The molecule has 0 spiro atoms. The molecule has 0 aliphatic rings. The number of hydrogen-bond donors (Lipinski definition) is 1. The van der Waals surface area contributed by atoms with E-state index in [-0.39, 0.29) is 4.88 Å². The molecule has 2 aromatic carbocycles. The number of nitrogens with zero attached hydrogens (tertiary/aromatic N) is 1. The van der Waals surface area contributed by atoms with Gasteiger partial charge in [0.1, 0.15) is 10.7 Å². The van der Waals surface area contributed by atoms with Crippen LogP contribution in [0.1, 0.15) is 9.67 Å². The number of anilines is 1. The fourth-order valence-corrected chi connectivity index (χ4v) is 3.70.